The summed E-state index contributed by atoms with van der Waals surface area (Å²) in [5.74, 6) is -0.311. The predicted octanol–water partition coefficient (Wildman–Crippen LogP) is 11.4. The molecule has 0 atom stereocenters. The third-order valence-electron chi connectivity index (χ3n) is 6.35. The first-order chi connectivity index (χ1) is 21.0. The van der Waals surface area contributed by atoms with E-state index in [0.29, 0.717) is 12.1 Å². The van der Waals surface area contributed by atoms with Crippen LogP contribution in [0.15, 0.2) is 70.5 Å². The van der Waals surface area contributed by atoms with Gasteiger partial charge in [-0.3, -0.25) is 20.2 Å². The molecule has 0 saturated carbocycles. The number of hydrogen-bond donors (Lipinski definition) is 0. The molecule has 45 heavy (non-hydrogen) atoms. The maximum absolute atomic E-state index is 13.4. The SMILES string of the molecule is CSc1c([N+](=O)[O-])ccc(Oc2ccc([N+](=O)[O-])c(SC)c2-c2ccc(C(F)(F)F)cc2Cl)c1-c1ccc(C(F)(F)F)cc1Cl. The van der Waals surface area contributed by atoms with E-state index in [2.05, 4.69) is 0 Å². The minimum atomic E-state index is -4.74. The topological polar surface area (TPSA) is 95.5 Å². The van der Waals surface area contributed by atoms with Crippen LogP contribution in [0.3, 0.4) is 0 Å². The van der Waals surface area contributed by atoms with Crippen LogP contribution >= 0.6 is 46.7 Å². The number of nitro groups is 2. The zero-order valence-corrected chi connectivity index (χ0v) is 25.7. The average Bonchev–Trinajstić information content (AvgIpc) is 2.95. The van der Waals surface area contributed by atoms with Crippen molar-refractivity contribution in [2.75, 3.05) is 12.5 Å². The largest absolute Gasteiger partial charge is 0.456 e. The number of alkyl halides is 6. The molecule has 4 aromatic carbocycles. The summed E-state index contributed by atoms with van der Waals surface area (Å²) in [6.45, 7) is 0. The van der Waals surface area contributed by atoms with Gasteiger partial charge in [0.2, 0.25) is 0 Å². The van der Waals surface area contributed by atoms with Gasteiger partial charge in [0, 0.05) is 44.4 Å². The number of thioether (sulfide) groups is 2. The zero-order valence-electron chi connectivity index (χ0n) is 22.5. The lowest BCUT2D eigenvalue weighted by molar-refractivity contribution is -0.387. The second-order valence-corrected chi connectivity index (χ2v) is 11.4. The Kier molecular flexibility index (Phi) is 9.87. The molecular formula is C28H16Cl2F6N2O5S2. The highest BCUT2D eigenvalue weighted by atomic mass is 35.5. The van der Waals surface area contributed by atoms with Crippen molar-refractivity contribution in [3.8, 4) is 33.8 Å². The van der Waals surface area contributed by atoms with Crippen molar-refractivity contribution in [1.82, 2.24) is 0 Å². The van der Waals surface area contributed by atoms with E-state index in [1.807, 2.05) is 0 Å². The van der Waals surface area contributed by atoms with Gasteiger partial charge < -0.3 is 4.74 Å². The van der Waals surface area contributed by atoms with Gasteiger partial charge in [-0.2, -0.15) is 26.3 Å². The number of benzene rings is 4. The van der Waals surface area contributed by atoms with E-state index in [0.717, 1.165) is 59.9 Å². The second kappa shape index (κ2) is 13.0. The quantitative estimate of drug-likeness (QED) is 0.0778. The van der Waals surface area contributed by atoms with Crippen molar-refractivity contribution >= 4 is 58.1 Å². The summed E-state index contributed by atoms with van der Waals surface area (Å²) in [6, 6.07) is 9.32. The maximum Gasteiger partial charge on any atom is 0.416 e. The third kappa shape index (κ3) is 6.95. The van der Waals surface area contributed by atoms with E-state index in [4.69, 9.17) is 27.9 Å². The van der Waals surface area contributed by atoms with E-state index in [-0.39, 0.29) is 43.5 Å². The van der Waals surface area contributed by atoms with Crippen molar-refractivity contribution in [1.29, 1.82) is 0 Å². The van der Waals surface area contributed by atoms with E-state index < -0.39 is 54.7 Å². The van der Waals surface area contributed by atoms with Crippen LogP contribution in [0.2, 0.25) is 10.0 Å². The van der Waals surface area contributed by atoms with E-state index in [1.165, 1.54) is 24.6 Å². The van der Waals surface area contributed by atoms with Gasteiger partial charge in [-0.15, -0.1) is 23.5 Å². The summed E-state index contributed by atoms with van der Waals surface area (Å²) in [4.78, 5) is 22.3. The van der Waals surface area contributed by atoms with Crippen molar-refractivity contribution in [3.05, 3.63) is 102 Å². The molecule has 0 aliphatic rings. The minimum absolute atomic E-state index is 0.0275. The summed E-state index contributed by atoms with van der Waals surface area (Å²) < 4.78 is 86.4. The Morgan fingerprint density at radius 3 is 1.27 bits per heavy atom. The number of nitrogens with zero attached hydrogens (tertiary/aromatic N) is 2. The Bertz CT molecular complexity index is 1710. The van der Waals surface area contributed by atoms with Crippen LogP contribution in [0, 0.1) is 20.2 Å². The molecule has 0 heterocycles. The summed E-state index contributed by atoms with van der Waals surface area (Å²) in [5, 5.41) is 22.9. The standard InChI is InChI=1S/C28H16Cl2F6N2O5S2/c1-44-25-19(37(39)40)7-9-21(23(25)15-5-3-13(11-17(15)29)27(31,32)33)43-22-10-8-20(38(41)42)26(45-2)24(22)16-6-4-14(12-18(16)30)28(34,35)36/h3-12H,1-2H3. The molecule has 0 amide bonds. The van der Waals surface area contributed by atoms with Crippen LogP contribution in [0.25, 0.3) is 22.3 Å². The normalized spacial score (nSPS) is 11.9. The average molecular weight is 709 g/mol. The number of nitro benzene ring substituents is 2. The van der Waals surface area contributed by atoms with Gasteiger partial charge >= 0.3 is 12.4 Å². The smallest absolute Gasteiger partial charge is 0.416 e. The maximum atomic E-state index is 13.4. The van der Waals surface area contributed by atoms with Crippen LogP contribution < -0.4 is 4.74 Å². The summed E-state index contributed by atoms with van der Waals surface area (Å²) in [7, 11) is 0. The molecular weight excluding hydrogens is 693 g/mol. The highest BCUT2D eigenvalue weighted by Gasteiger charge is 2.34. The van der Waals surface area contributed by atoms with E-state index in [9.17, 15) is 46.6 Å². The molecule has 17 heteroatoms. The van der Waals surface area contributed by atoms with Gasteiger partial charge in [-0.05, 0) is 48.9 Å². The first kappa shape index (κ1) is 34.2. The fourth-order valence-electron chi connectivity index (χ4n) is 4.40. The van der Waals surface area contributed by atoms with Crippen LogP contribution in [0.5, 0.6) is 11.5 Å². The van der Waals surface area contributed by atoms with Gasteiger partial charge in [0.1, 0.15) is 11.5 Å². The van der Waals surface area contributed by atoms with Crippen LogP contribution in [0.4, 0.5) is 37.7 Å². The molecule has 4 rings (SSSR count). The van der Waals surface area contributed by atoms with Crippen LogP contribution in [-0.2, 0) is 12.4 Å². The molecule has 0 unspecified atom stereocenters. The van der Waals surface area contributed by atoms with Crippen molar-refractivity contribution in [2.45, 2.75) is 22.1 Å². The van der Waals surface area contributed by atoms with Crippen molar-refractivity contribution < 1.29 is 40.9 Å². The molecule has 0 aliphatic heterocycles. The Morgan fingerprint density at radius 1 is 0.644 bits per heavy atom. The van der Waals surface area contributed by atoms with Crippen molar-refractivity contribution in [2.24, 2.45) is 0 Å². The molecule has 0 fully saturated rings. The highest BCUT2D eigenvalue weighted by Crippen LogP contribution is 2.51. The predicted molar refractivity (Wildman–Crippen MR) is 161 cm³/mol. The molecule has 7 nitrogen and oxygen atoms in total. The first-order valence-electron chi connectivity index (χ1n) is 12.1. The second-order valence-electron chi connectivity index (χ2n) is 8.98. The summed E-state index contributed by atoms with van der Waals surface area (Å²) in [6.07, 6.45) is -6.51. The zero-order chi connectivity index (χ0) is 33.4. The van der Waals surface area contributed by atoms with Gasteiger partial charge in [-0.25, -0.2) is 0 Å². The number of ether oxygens (including phenoxy) is 1. The number of halogens is 8. The Morgan fingerprint density at radius 2 is 1.00 bits per heavy atom. The van der Waals surface area contributed by atoms with Crippen LogP contribution in [0.1, 0.15) is 11.1 Å². The minimum Gasteiger partial charge on any atom is -0.456 e. The van der Waals surface area contributed by atoms with Gasteiger partial charge in [0.15, 0.2) is 0 Å². The Hall–Kier alpha value is -3.66. The monoisotopic (exact) mass is 708 g/mol. The lowest BCUT2D eigenvalue weighted by Gasteiger charge is -2.20. The number of hydrogen-bond acceptors (Lipinski definition) is 7. The third-order valence-corrected chi connectivity index (χ3v) is 8.62. The van der Waals surface area contributed by atoms with Crippen LogP contribution in [-0.4, -0.2) is 22.4 Å². The van der Waals surface area contributed by atoms with Gasteiger partial charge in [-0.1, -0.05) is 35.3 Å². The fraction of sp³-hybridized carbons (Fsp3) is 0.143. The number of rotatable bonds is 8. The highest BCUT2D eigenvalue weighted by molar-refractivity contribution is 7.99. The Balaban J connectivity index is 2.03. The van der Waals surface area contributed by atoms with Gasteiger partial charge in [0.25, 0.3) is 11.4 Å². The molecule has 236 valence electrons. The first-order valence-corrected chi connectivity index (χ1v) is 15.3. The summed E-state index contributed by atoms with van der Waals surface area (Å²) in [5.41, 5.74) is -3.24. The molecule has 0 aliphatic carbocycles. The van der Waals surface area contributed by atoms with Crippen molar-refractivity contribution in [3.63, 3.8) is 0 Å². The molecule has 0 spiro atoms. The molecule has 4 aromatic rings. The lowest BCUT2D eigenvalue weighted by atomic mass is 10.00. The molecule has 0 saturated heterocycles. The molecule has 0 aromatic heterocycles. The summed E-state index contributed by atoms with van der Waals surface area (Å²) >= 11 is 14.3. The Labute approximate surface area is 268 Å². The molecule has 0 N–H and O–H groups in total. The lowest BCUT2D eigenvalue weighted by Crippen LogP contribution is -2.05. The molecule has 0 bridgehead atoms. The van der Waals surface area contributed by atoms with E-state index in [1.54, 1.807) is 0 Å². The molecule has 0 radical (unpaired) electrons. The van der Waals surface area contributed by atoms with E-state index >= 15 is 0 Å². The van der Waals surface area contributed by atoms with Gasteiger partial charge in [0.05, 0.1) is 30.8 Å². The fourth-order valence-corrected chi connectivity index (χ4v) is 6.48.